The van der Waals surface area contributed by atoms with Crippen LogP contribution in [-0.4, -0.2) is 103 Å². The third-order valence-electron chi connectivity index (χ3n) is 8.52. The number of aromatic amines is 2. The van der Waals surface area contributed by atoms with Gasteiger partial charge in [0.05, 0.1) is 29.6 Å². The maximum Gasteiger partial charge on any atom is 0.240 e. The Balaban J connectivity index is 1.25. The molecule has 0 aliphatic carbocycles. The van der Waals surface area contributed by atoms with Gasteiger partial charge in [-0.15, -0.1) is 0 Å². The van der Waals surface area contributed by atoms with Gasteiger partial charge in [0.15, 0.2) is 5.82 Å². The van der Waals surface area contributed by atoms with Gasteiger partial charge in [0.1, 0.15) is 11.4 Å². The summed E-state index contributed by atoms with van der Waals surface area (Å²) in [6.45, 7) is 9.53. The second-order valence-corrected chi connectivity index (χ2v) is 11.1. The normalized spacial score (nSPS) is 18.2. The highest BCUT2D eigenvalue weighted by Gasteiger charge is 2.36. The lowest BCUT2D eigenvalue weighted by molar-refractivity contribution is -0.139. The van der Waals surface area contributed by atoms with Crippen molar-refractivity contribution in [3.05, 3.63) is 53.3 Å². The van der Waals surface area contributed by atoms with Gasteiger partial charge in [-0.05, 0) is 60.3 Å². The Hall–Kier alpha value is -3.73. The van der Waals surface area contributed by atoms with E-state index in [0.29, 0.717) is 32.6 Å². The van der Waals surface area contributed by atoms with Crippen molar-refractivity contribution in [3.8, 4) is 28.4 Å². The molecule has 2 aromatic heterocycles. The zero-order valence-corrected chi connectivity index (χ0v) is 23.9. The summed E-state index contributed by atoms with van der Waals surface area (Å²) in [6, 6.07) is 11.5. The third kappa shape index (κ3) is 5.35. The number of β-amino-alcohol motifs (C(OH)–C–C–N with tert-alkyl or cyclic N) is 1. The molecule has 4 N–H and O–H groups in total. The molecular weight excluding hydrogens is 518 g/mol. The number of aromatic nitrogens is 4. The number of phenolic OH excluding ortho intramolecular Hbond substituents is 1. The van der Waals surface area contributed by atoms with Crippen LogP contribution in [0, 0.1) is 0 Å². The Morgan fingerprint density at radius 2 is 1.90 bits per heavy atom. The Kier molecular flexibility index (Phi) is 7.79. The van der Waals surface area contributed by atoms with Gasteiger partial charge in [-0.2, -0.15) is 5.10 Å². The van der Waals surface area contributed by atoms with Crippen LogP contribution < -0.4 is 0 Å². The predicted molar refractivity (Wildman–Crippen MR) is 158 cm³/mol. The number of nitrogens with zero attached hydrogens (tertiary/aromatic N) is 5. The molecule has 1 atom stereocenters. The number of nitrogens with one attached hydrogen (secondary N) is 2. The van der Waals surface area contributed by atoms with Crippen molar-refractivity contribution in [2.24, 2.45) is 0 Å². The number of hydrogen-bond donors (Lipinski definition) is 4. The highest BCUT2D eigenvalue weighted by Crippen LogP contribution is 2.33. The summed E-state index contributed by atoms with van der Waals surface area (Å²) in [7, 11) is 0. The smallest absolute Gasteiger partial charge is 0.240 e. The molecule has 4 heterocycles. The average Bonchev–Trinajstić information content (AvgIpc) is 3.60. The number of phenols is 1. The fraction of sp³-hybridized carbons (Fsp3) is 0.452. The number of aryl methyl sites for hydroxylation is 1. The monoisotopic (exact) mass is 557 g/mol. The van der Waals surface area contributed by atoms with E-state index >= 15 is 0 Å². The van der Waals surface area contributed by atoms with Crippen LogP contribution in [0.15, 0.2) is 36.4 Å². The van der Waals surface area contributed by atoms with E-state index in [1.807, 2.05) is 17.0 Å². The molecule has 1 fully saturated rings. The van der Waals surface area contributed by atoms with Crippen LogP contribution in [0.3, 0.4) is 0 Å². The number of aliphatic hydroxyl groups is 1. The van der Waals surface area contributed by atoms with Crippen LogP contribution >= 0.6 is 0 Å². The summed E-state index contributed by atoms with van der Waals surface area (Å²) in [5, 5.41) is 28.0. The van der Waals surface area contributed by atoms with Gasteiger partial charge in [-0.3, -0.25) is 19.7 Å². The number of aromatic hydroxyl groups is 1. The van der Waals surface area contributed by atoms with Gasteiger partial charge < -0.3 is 20.1 Å². The van der Waals surface area contributed by atoms with Crippen molar-refractivity contribution in [2.75, 3.05) is 45.9 Å². The molecule has 10 heteroatoms. The average molecular weight is 558 g/mol. The number of imidazole rings is 1. The minimum Gasteiger partial charge on any atom is -0.508 e. The van der Waals surface area contributed by atoms with Crippen LogP contribution in [-0.2, 0) is 24.2 Å². The lowest BCUT2D eigenvalue weighted by Gasteiger charge is -2.40. The Labute approximate surface area is 240 Å². The number of carbonyl (C=O) groups excluding carboxylic acids is 1. The number of piperazine rings is 1. The molecule has 0 bridgehead atoms. The summed E-state index contributed by atoms with van der Waals surface area (Å²) in [5.74, 6) is 1.17. The van der Waals surface area contributed by atoms with Gasteiger partial charge in [0, 0.05) is 51.1 Å². The largest absolute Gasteiger partial charge is 0.508 e. The number of fused-ring (bicyclic) bond motifs is 2. The molecule has 1 unspecified atom stereocenters. The summed E-state index contributed by atoms with van der Waals surface area (Å²) < 4.78 is 0. The molecule has 1 amide bonds. The van der Waals surface area contributed by atoms with Gasteiger partial charge >= 0.3 is 0 Å². The van der Waals surface area contributed by atoms with E-state index in [1.165, 1.54) is 0 Å². The highest BCUT2D eigenvalue weighted by molar-refractivity contribution is 5.94. The molecule has 0 saturated carbocycles. The van der Waals surface area contributed by atoms with Crippen molar-refractivity contribution in [3.63, 3.8) is 0 Å². The van der Waals surface area contributed by atoms with E-state index < -0.39 is 0 Å². The van der Waals surface area contributed by atoms with Crippen LogP contribution in [0.4, 0.5) is 0 Å². The van der Waals surface area contributed by atoms with Crippen molar-refractivity contribution in [1.82, 2.24) is 34.9 Å². The molecule has 6 rings (SSSR count). The highest BCUT2D eigenvalue weighted by atomic mass is 16.3. The van der Waals surface area contributed by atoms with Crippen molar-refractivity contribution >= 4 is 16.8 Å². The van der Waals surface area contributed by atoms with Crippen LogP contribution in [0.1, 0.15) is 37.2 Å². The van der Waals surface area contributed by atoms with E-state index in [1.54, 1.807) is 6.07 Å². The molecular formula is C31H39N7O3. The first-order valence-corrected chi connectivity index (χ1v) is 14.7. The molecule has 41 heavy (non-hydrogen) atoms. The SMILES string of the molecule is CCCN1Cc2[nH]c(-c3n[nH]c4cc(-c5ccc(O)cc5CC)ccc34)nc2CC1C(=O)N1CCN(CCO)CC1. The zero-order valence-electron chi connectivity index (χ0n) is 23.9. The van der Waals surface area contributed by atoms with Gasteiger partial charge in [0.2, 0.25) is 5.91 Å². The number of benzene rings is 2. The second-order valence-electron chi connectivity index (χ2n) is 11.1. The van der Waals surface area contributed by atoms with Gasteiger partial charge in [-0.25, -0.2) is 4.98 Å². The maximum absolute atomic E-state index is 13.7. The summed E-state index contributed by atoms with van der Waals surface area (Å²) in [4.78, 5) is 28.7. The van der Waals surface area contributed by atoms with Crippen molar-refractivity contribution in [2.45, 2.75) is 45.7 Å². The number of hydrogen-bond acceptors (Lipinski definition) is 7. The molecule has 0 spiro atoms. The van der Waals surface area contributed by atoms with Crippen LogP contribution in [0.25, 0.3) is 33.5 Å². The fourth-order valence-corrected chi connectivity index (χ4v) is 6.31. The van der Waals surface area contributed by atoms with Crippen LogP contribution in [0.5, 0.6) is 5.75 Å². The third-order valence-corrected chi connectivity index (χ3v) is 8.52. The first-order valence-electron chi connectivity index (χ1n) is 14.7. The molecule has 4 aromatic rings. The molecule has 2 aromatic carbocycles. The molecule has 2 aliphatic rings. The van der Waals surface area contributed by atoms with Gasteiger partial charge in [-0.1, -0.05) is 26.0 Å². The van der Waals surface area contributed by atoms with Crippen LogP contribution in [0.2, 0.25) is 0 Å². The summed E-state index contributed by atoms with van der Waals surface area (Å²) in [6.07, 6.45) is 2.37. The first-order chi connectivity index (χ1) is 20.0. The van der Waals surface area contributed by atoms with Crippen molar-refractivity contribution < 1.29 is 15.0 Å². The molecule has 2 aliphatic heterocycles. The summed E-state index contributed by atoms with van der Waals surface area (Å²) >= 11 is 0. The quantitative estimate of drug-likeness (QED) is 0.262. The Morgan fingerprint density at radius 3 is 2.66 bits per heavy atom. The first kappa shape index (κ1) is 27.4. The number of carbonyl (C=O) groups is 1. The minimum absolute atomic E-state index is 0.149. The number of H-pyrrole nitrogens is 2. The van der Waals surface area contributed by atoms with Gasteiger partial charge in [0.25, 0.3) is 0 Å². The number of aliphatic hydroxyl groups excluding tert-OH is 1. The summed E-state index contributed by atoms with van der Waals surface area (Å²) in [5.41, 5.74) is 6.94. The number of amides is 1. The van der Waals surface area contributed by atoms with E-state index in [-0.39, 0.29) is 24.3 Å². The predicted octanol–water partition coefficient (Wildman–Crippen LogP) is 3.16. The maximum atomic E-state index is 13.7. The van der Waals surface area contributed by atoms with Crippen molar-refractivity contribution in [1.29, 1.82) is 0 Å². The lowest BCUT2D eigenvalue weighted by atomic mass is 9.97. The fourth-order valence-electron chi connectivity index (χ4n) is 6.31. The molecule has 1 saturated heterocycles. The lowest BCUT2D eigenvalue weighted by Crippen LogP contribution is -2.56. The minimum atomic E-state index is -0.223. The van der Waals surface area contributed by atoms with E-state index in [2.05, 4.69) is 57.0 Å². The molecule has 216 valence electrons. The topological polar surface area (TPSA) is 125 Å². The Bertz CT molecular complexity index is 1540. The second kappa shape index (κ2) is 11.6. The Morgan fingerprint density at radius 1 is 1.07 bits per heavy atom. The zero-order chi connectivity index (χ0) is 28.5. The van der Waals surface area contributed by atoms with E-state index in [0.717, 1.165) is 83.0 Å². The molecule has 10 nitrogen and oxygen atoms in total. The van der Waals surface area contributed by atoms with E-state index in [9.17, 15) is 15.0 Å². The number of rotatable bonds is 8. The molecule has 0 radical (unpaired) electrons. The standard InChI is InChI=1S/C31H39N7O3/c1-3-9-38-19-27-26(18-28(38)31(41)37-12-10-36(11-13-37)14-15-39)32-30(33-27)29-24-7-5-21(17-25(24)34-35-29)23-8-6-22(40)16-20(23)4-2/h5-8,16-17,28,39-40H,3-4,9-15,18-19H2,1-2H3,(H,32,33)(H,34,35). The van der Waals surface area contributed by atoms with E-state index in [4.69, 9.17) is 4.98 Å².